The number of rotatable bonds is 7. The highest BCUT2D eigenvalue weighted by molar-refractivity contribution is 6.05. The minimum absolute atomic E-state index is 0.0580. The molecule has 136 valence electrons. The third kappa shape index (κ3) is 4.47. The number of hydrogen-bond donors (Lipinski definition) is 2. The number of benzene rings is 2. The number of aryl methyl sites for hydroxylation is 1. The molecule has 0 aliphatic carbocycles. The number of carboxylic acid groups (broad SMARTS) is 1. The van der Waals surface area contributed by atoms with E-state index in [1.807, 2.05) is 0 Å². The number of methoxy groups -OCH3 is 1. The Kier molecular flexibility index (Phi) is 5.74. The number of aliphatic carboxylic acids is 1. The molecule has 2 aromatic rings. The second-order valence-corrected chi connectivity index (χ2v) is 5.26. The van der Waals surface area contributed by atoms with Crippen LogP contribution in [0.25, 0.3) is 0 Å². The van der Waals surface area contributed by atoms with Crippen LogP contribution in [-0.4, -0.2) is 35.6 Å². The number of carbonyl (C=O) groups is 2. The molecule has 0 aliphatic heterocycles. The summed E-state index contributed by atoms with van der Waals surface area (Å²) in [6.07, 6.45) is 0. The van der Waals surface area contributed by atoms with Crippen molar-refractivity contribution in [1.29, 1.82) is 0 Å². The van der Waals surface area contributed by atoms with E-state index in [0.29, 0.717) is 17.0 Å². The van der Waals surface area contributed by atoms with Crippen LogP contribution in [0.5, 0.6) is 11.5 Å². The van der Waals surface area contributed by atoms with Crippen molar-refractivity contribution in [3.8, 4) is 11.5 Å². The lowest BCUT2D eigenvalue weighted by Crippen LogP contribution is -2.13. The number of carboxylic acids is 1. The molecule has 0 fully saturated rings. The Hall–Kier alpha value is -3.62. The highest BCUT2D eigenvalue weighted by atomic mass is 16.6. The normalized spacial score (nSPS) is 10.1. The second-order valence-electron chi connectivity index (χ2n) is 5.26. The second kappa shape index (κ2) is 7.97. The van der Waals surface area contributed by atoms with E-state index in [-0.39, 0.29) is 17.0 Å². The summed E-state index contributed by atoms with van der Waals surface area (Å²) in [7, 11) is 1.30. The third-order valence-electron chi connectivity index (χ3n) is 3.45. The third-order valence-corrected chi connectivity index (χ3v) is 3.45. The highest BCUT2D eigenvalue weighted by Gasteiger charge is 2.18. The van der Waals surface area contributed by atoms with Gasteiger partial charge in [-0.25, -0.2) is 4.79 Å². The Morgan fingerprint density at radius 3 is 2.54 bits per heavy atom. The van der Waals surface area contributed by atoms with Crippen LogP contribution in [0.3, 0.4) is 0 Å². The molecule has 2 N–H and O–H groups in total. The van der Waals surface area contributed by atoms with Crippen LogP contribution in [-0.2, 0) is 4.79 Å². The lowest BCUT2D eigenvalue weighted by atomic mass is 10.1. The lowest BCUT2D eigenvalue weighted by Gasteiger charge is -2.11. The van der Waals surface area contributed by atoms with Crippen molar-refractivity contribution in [1.82, 2.24) is 0 Å². The predicted octanol–water partition coefficient (Wildman–Crippen LogP) is 2.63. The van der Waals surface area contributed by atoms with Crippen molar-refractivity contribution in [2.24, 2.45) is 0 Å². The van der Waals surface area contributed by atoms with E-state index in [1.165, 1.54) is 25.3 Å². The van der Waals surface area contributed by atoms with Crippen LogP contribution < -0.4 is 14.8 Å². The first-order chi connectivity index (χ1) is 12.3. The molecule has 9 nitrogen and oxygen atoms in total. The molecule has 26 heavy (non-hydrogen) atoms. The van der Waals surface area contributed by atoms with Crippen LogP contribution in [0, 0.1) is 17.0 Å². The van der Waals surface area contributed by atoms with Crippen molar-refractivity contribution in [3.63, 3.8) is 0 Å². The quantitative estimate of drug-likeness (QED) is 0.574. The summed E-state index contributed by atoms with van der Waals surface area (Å²) in [5, 5.41) is 22.3. The number of hydrogen-bond acceptors (Lipinski definition) is 6. The fourth-order valence-corrected chi connectivity index (χ4v) is 2.18. The minimum Gasteiger partial charge on any atom is -0.490 e. The fourth-order valence-electron chi connectivity index (χ4n) is 2.18. The molecular formula is C17H16N2O7. The van der Waals surface area contributed by atoms with Crippen molar-refractivity contribution < 1.29 is 29.1 Å². The maximum absolute atomic E-state index is 12.4. The monoisotopic (exact) mass is 360 g/mol. The molecule has 2 aromatic carbocycles. The van der Waals surface area contributed by atoms with E-state index in [1.54, 1.807) is 19.1 Å². The molecular weight excluding hydrogens is 344 g/mol. The molecule has 0 saturated heterocycles. The van der Waals surface area contributed by atoms with E-state index in [0.717, 1.165) is 6.07 Å². The van der Waals surface area contributed by atoms with Gasteiger partial charge in [0.1, 0.15) is 5.75 Å². The van der Waals surface area contributed by atoms with Gasteiger partial charge in [0.05, 0.1) is 12.0 Å². The van der Waals surface area contributed by atoms with Crippen LogP contribution >= 0.6 is 0 Å². The molecule has 2 rings (SSSR count). The summed E-state index contributed by atoms with van der Waals surface area (Å²) >= 11 is 0. The Balaban J connectivity index is 2.18. The van der Waals surface area contributed by atoms with Gasteiger partial charge in [-0.3, -0.25) is 14.9 Å². The Labute approximate surface area is 148 Å². The molecule has 1 amide bonds. The number of nitro groups is 1. The number of carbonyl (C=O) groups excluding carboxylic acids is 1. The van der Waals surface area contributed by atoms with E-state index in [2.05, 4.69) is 5.32 Å². The zero-order valence-corrected chi connectivity index (χ0v) is 14.0. The first-order valence-corrected chi connectivity index (χ1v) is 7.41. The van der Waals surface area contributed by atoms with Crippen molar-refractivity contribution >= 4 is 23.3 Å². The van der Waals surface area contributed by atoms with Gasteiger partial charge in [0, 0.05) is 17.3 Å². The highest BCUT2D eigenvalue weighted by Crippen LogP contribution is 2.28. The van der Waals surface area contributed by atoms with Crippen LogP contribution in [0.4, 0.5) is 11.4 Å². The zero-order valence-electron chi connectivity index (χ0n) is 14.0. The first kappa shape index (κ1) is 18.7. The Bertz CT molecular complexity index is 864. The molecule has 0 heterocycles. The molecule has 0 radical (unpaired) electrons. The van der Waals surface area contributed by atoms with Gasteiger partial charge >= 0.3 is 11.7 Å². The average Bonchev–Trinajstić information content (AvgIpc) is 2.61. The molecule has 0 unspecified atom stereocenters. The van der Waals surface area contributed by atoms with Crippen LogP contribution in [0.2, 0.25) is 0 Å². The SMILES string of the molecule is COc1ccc(C(=O)Nc2ccc(OCC(=O)O)cc2C)cc1[N+](=O)[O-]. The smallest absolute Gasteiger partial charge is 0.341 e. The summed E-state index contributed by atoms with van der Waals surface area (Å²) in [6.45, 7) is 1.24. The summed E-state index contributed by atoms with van der Waals surface area (Å²) in [6, 6.07) is 8.55. The predicted molar refractivity (Wildman–Crippen MR) is 91.9 cm³/mol. The molecule has 0 spiro atoms. The van der Waals surface area contributed by atoms with Gasteiger partial charge in [-0.2, -0.15) is 0 Å². The van der Waals surface area contributed by atoms with E-state index in [9.17, 15) is 19.7 Å². The van der Waals surface area contributed by atoms with Crippen molar-refractivity contribution in [2.75, 3.05) is 19.0 Å². The number of nitro benzene ring substituents is 1. The molecule has 0 saturated carbocycles. The topological polar surface area (TPSA) is 128 Å². The molecule has 0 aliphatic rings. The Morgan fingerprint density at radius 1 is 1.23 bits per heavy atom. The summed E-state index contributed by atoms with van der Waals surface area (Å²) in [5.41, 5.74) is 0.901. The van der Waals surface area contributed by atoms with Gasteiger partial charge in [0.15, 0.2) is 12.4 Å². The maximum atomic E-state index is 12.4. The standard InChI is InChI=1S/C17H16N2O7/c1-10-7-12(26-9-16(20)21)4-5-13(10)18-17(22)11-3-6-15(25-2)14(8-11)19(23)24/h3-8H,9H2,1-2H3,(H,18,22)(H,20,21). The number of ether oxygens (including phenoxy) is 2. The van der Waals surface area contributed by atoms with Gasteiger partial charge in [-0.1, -0.05) is 0 Å². The number of nitrogens with zero attached hydrogens (tertiary/aromatic N) is 1. The lowest BCUT2D eigenvalue weighted by molar-refractivity contribution is -0.385. The summed E-state index contributed by atoms with van der Waals surface area (Å²) < 4.78 is 9.96. The zero-order chi connectivity index (χ0) is 19.3. The number of nitrogens with one attached hydrogen (secondary N) is 1. The average molecular weight is 360 g/mol. The maximum Gasteiger partial charge on any atom is 0.341 e. The largest absolute Gasteiger partial charge is 0.490 e. The molecule has 9 heteroatoms. The molecule has 0 bridgehead atoms. The first-order valence-electron chi connectivity index (χ1n) is 7.41. The van der Waals surface area contributed by atoms with Crippen molar-refractivity contribution in [3.05, 3.63) is 57.6 Å². The molecule has 0 aromatic heterocycles. The minimum atomic E-state index is -1.10. The van der Waals surface area contributed by atoms with Gasteiger partial charge in [0.2, 0.25) is 0 Å². The van der Waals surface area contributed by atoms with E-state index < -0.39 is 23.4 Å². The van der Waals surface area contributed by atoms with E-state index in [4.69, 9.17) is 14.6 Å². The number of amides is 1. The van der Waals surface area contributed by atoms with Gasteiger partial charge in [-0.15, -0.1) is 0 Å². The van der Waals surface area contributed by atoms with Crippen LogP contribution in [0.1, 0.15) is 15.9 Å². The van der Waals surface area contributed by atoms with Crippen LogP contribution in [0.15, 0.2) is 36.4 Å². The van der Waals surface area contributed by atoms with Gasteiger partial charge in [0.25, 0.3) is 5.91 Å². The van der Waals surface area contributed by atoms with Gasteiger partial charge in [-0.05, 0) is 42.8 Å². The molecule has 0 atom stereocenters. The summed E-state index contributed by atoms with van der Waals surface area (Å²) in [5.74, 6) is -1.22. The van der Waals surface area contributed by atoms with Gasteiger partial charge < -0.3 is 19.9 Å². The summed E-state index contributed by atoms with van der Waals surface area (Å²) in [4.78, 5) is 33.3. The Morgan fingerprint density at radius 2 is 1.96 bits per heavy atom. The van der Waals surface area contributed by atoms with E-state index >= 15 is 0 Å². The number of anilines is 1. The van der Waals surface area contributed by atoms with Crippen molar-refractivity contribution in [2.45, 2.75) is 6.92 Å². The fraction of sp³-hybridized carbons (Fsp3) is 0.176.